The number of carboxylic acid groups (broad SMARTS) is 1. The van der Waals surface area contributed by atoms with Crippen molar-refractivity contribution in [3.8, 4) is 11.1 Å². The Bertz CT molecular complexity index is 1380. The van der Waals surface area contributed by atoms with Gasteiger partial charge < -0.3 is 20.5 Å². The number of aliphatic carboxylic acids is 1. The summed E-state index contributed by atoms with van der Waals surface area (Å²) < 4.78 is 5.67. The van der Waals surface area contributed by atoms with Crippen molar-refractivity contribution in [2.24, 2.45) is 0 Å². The van der Waals surface area contributed by atoms with Crippen LogP contribution in [-0.2, 0) is 20.9 Å². The van der Waals surface area contributed by atoms with Crippen molar-refractivity contribution in [3.63, 3.8) is 0 Å². The van der Waals surface area contributed by atoms with Crippen LogP contribution in [-0.4, -0.2) is 58.8 Å². The number of piperidine rings is 1. The number of benzene rings is 3. The number of amides is 2. The van der Waals surface area contributed by atoms with Gasteiger partial charge in [0, 0.05) is 37.5 Å². The van der Waals surface area contributed by atoms with Crippen LogP contribution in [0.5, 0.6) is 0 Å². The molecule has 1 saturated heterocycles. The second kappa shape index (κ2) is 12.4. The number of carboxylic acids is 1. The first-order valence-electron chi connectivity index (χ1n) is 14.6. The van der Waals surface area contributed by atoms with Gasteiger partial charge in [-0.2, -0.15) is 0 Å². The van der Waals surface area contributed by atoms with Crippen LogP contribution in [0.15, 0.2) is 78.9 Å². The van der Waals surface area contributed by atoms with Crippen molar-refractivity contribution in [1.82, 2.24) is 15.5 Å². The standard InChI is InChI=1S/C34H39N3O5/c1-33(2,36-32(41)42-23-29-27-14-8-6-12-25(27)26-13-7-9-15-28(26)29)17-16-30(38)35-34(31(39)40)18-20-37(21-19-34)22-24-10-4-3-5-11-24/h3-15,29H,16-23H2,1-2H3,(H,35,38)(H,36,41)(H,39,40). The minimum absolute atomic E-state index is 0.0386. The number of likely N-dealkylation sites (tertiary alicyclic amines) is 1. The summed E-state index contributed by atoms with van der Waals surface area (Å²) >= 11 is 0. The molecule has 220 valence electrons. The fourth-order valence-electron chi connectivity index (χ4n) is 6.06. The number of ether oxygens (including phenoxy) is 1. The lowest BCUT2D eigenvalue weighted by Gasteiger charge is -2.39. The lowest BCUT2D eigenvalue weighted by molar-refractivity contribution is -0.150. The van der Waals surface area contributed by atoms with E-state index in [1.807, 2.05) is 56.3 Å². The Hall–Kier alpha value is -4.17. The van der Waals surface area contributed by atoms with Crippen LogP contribution in [0.4, 0.5) is 4.79 Å². The van der Waals surface area contributed by atoms with E-state index < -0.39 is 23.1 Å². The van der Waals surface area contributed by atoms with Crippen LogP contribution in [0.2, 0.25) is 0 Å². The molecular weight excluding hydrogens is 530 g/mol. The van der Waals surface area contributed by atoms with Crippen LogP contribution < -0.4 is 10.6 Å². The van der Waals surface area contributed by atoms with Gasteiger partial charge in [0.1, 0.15) is 12.1 Å². The smallest absolute Gasteiger partial charge is 0.407 e. The summed E-state index contributed by atoms with van der Waals surface area (Å²) in [5.74, 6) is -1.38. The Morgan fingerprint density at radius 1 is 0.905 bits per heavy atom. The molecule has 42 heavy (non-hydrogen) atoms. The number of nitrogens with zero attached hydrogens (tertiary/aromatic N) is 1. The zero-order chi connectivity index (χ0) is 29.7. The van der Waals surface area contributed by atoms with Gasteiger partial charge >= 0.3 is 12.1 Å². The van der Waals surface area contributed by atoms with Gasteiger partial charge in [0.15, 0.2) is 0 Å². The van der Waals surface area contributed by atoms with Crippen molar-refractivity contribution in [2.75, 3.05) is 19.7 Å². The number of carbonyl (C=O) groups excluding carboxylic acids is 2. The number of hydrogen-bond acceptors (Lipinski definition) is 5. The Labute approximate surface area is 247 Å². The fourth-order valence-corrected chi connectivity index (χ4v) is 6.06. The molecule has 8 heteroatoms. The van der Waals surface area contributed by atoms with Gasteiger partial charge in [-0.25, -0.2) is 9.59 Å². The molecule has 5 rings (SSSR count). The van der Waals surface area contributed by atoms with Crippen molar-refractivity contribution in [1.29, 1.82) is 0 Å². The fraction of sp³-hybridized carbons (Fsp3) is 0.382. The van der Waals surface area contributed by atoms with E-state index in [0.717, 1.165) is 28.8 Å². The molecule has 1 aliphatic heterocycles. The number of hydrogen-bond donors (Lipinski definition) is 3. The number of rotatable bonds is 10. The summed E-state index contributed by atoms with van der Waals surface area (Å²) in [6, 6.07) is 26.4. The quantitative estimate of drug-likeness (QED) is 0.305. The molecular formula is C34H39N3O5. The van der Waals surface area contributed by atoms with Gasteiger partial charge in [0.05, 0.1) is 0 Å². The average molecular weight is 570 g/mol. The SMILES string of the molecule is CC(C)(CCC(=O)NC1(C(=O)O)CCN(Cc2ccccc2)CC1)NC(=O)OCC1c2ccccc2-c2ccccc21. The average Bonchev–Trinajstić information content (AvgIpc) is 3.30. The van der Waals surface area contributed by atoms with E-state index >= 15 is 0 Å². The van der Waals surface area contributed by atoms with E-state index in [1.54, 1.807) is 0 Å². The van der Waals surface area contributed by atoms with Crippen LogP contribution in [0.25, 0.3) is 11.1 Å². The second-order valence-corrected chi connectivity index (χ2v) is 12.0. The van der Waals surface area contributed by atoms with E-state index in [1.165, 1.54) is 5.56 Å². The van der Waals surface area contributed by atoms with Crippen LogP contribution in [0.3, 0.4) is 0 Å². The molecule has 3 aromatic rings. The monoisotopic (exact) mass is 569 g/mol. The molecule has 3 N–H and O–H groups in total. The molecule has 0 bridgehead atoms. The lowest BCUT2D eigenvalue weighted by Crippen LogP contribution is -2.60. The maximum absolute atomic E-state index is 12.9. The van der Waals surface area contributed by atoms with Crippen LogP contribution in [0, 0.1) is 0 Å². The topological polar surface area (TPSA) is 108 Å². The minimum atomic E-state index is -1.28. The van der Waals surface area contributed by atoms with Crippen molar-refractivity contribution < 1.29 is 24.2 Å². The lowest BCUT2D eigenvalue weighted by atomic mass is 9.86. The van der Waals surface area contributed by atoms with E-state index in [-0.39, 0.29) is 24.9 Å². The van der Waals surface area contributed by atoms with Gasteiger partial charge in [-0.3, -0.25) is 9.69 Å². The maximum atomic E-state index is 12.9. The van der Waals surface area contributed by atoms with Crippen molar-refractivity contribution in [3.05, 3.63) is 95.6 Å². The summed E-state index contributed by atoms with van der Waals surface area (Å²) in [7, 11) is 0. The van der Waals surface area contributed by atoms with Crippen molar-refractivity contribution >= 4 is 18.0 Å². The Balaban J connectivity index is 1.10. The molecule has 1 heterocycles. The summed E-state index contributed by atoms with van der Waals surface area (Å²) in [6.07, 6.45) is 0.540. The molecule has 0 spiro atoms. The van der Waals surface area contributed by atoms with E-state index in [4.69, 9.17) is 4.74 Å². The van der Waals surface area contributed by atoms with E-state index in [9.17, 15) is 19.5 Å². The van der Waals surface area contributed by atoms with Crippen LogP contribution >= 0.6 is 0 Å². The van der Waals surface area contributed by atoms with Gasteiger partial charge in [0.2, 0.25) is 5.91 Å². The Morgan fingerprint density at radius 2 is 1.48 bits per heavy atom. The van der Waals surface area contributed by atoms with Gasteiger partial charge in [-0.1, -0.05) is 78.9 Å². The minimum Gasteiger partial charge on any atom is -0.480 e. The first kappa shape index (κ1) is 29.3. The maximum Gasteiger partial charge on any atom is 0.407 e. The van der Waals surface area contributed by atoms with Crippen LogP contribution in [0.1, 0.15) is 62.1 Å². The molecule has 0 radical (unpaired) electrons. The number of fused-ring (bicyclic) bond motifs is 3. The zero-order valence-electron chi connectivity index (χ0n) is 24.3. The second-order valence-electron chi connectivity index (χ2n) is 12.0. The molecule has 1 fully saturated rings. The highest BCUT2D eigenvalue weighted by molar-refractivity contribution is 5.87. The predicted octanol–water partition coefficient (Wildman–Crippen LogP) is 5.32. The van der Waals surface area contributed by atoms with E-state index in [0.29, 0.717) is 32.4 Å². The third-order valence-corrected chi connectivity index (χ3v) is 8.51. The first-order chi connectivity index (χ1) is 20.2. The highest BCUT2D eigenvalue weighted by Crippen LogP contribution is 2.44. The molecule has 3 aromatic carbocycles. The third kappa shape index (κ3) is 6.65. The number of carbonyl (C=O) groups is 3. The third-order valence-electron chi connectivity index (χ3n) is 8.51. The van der Waals surface area contributed by atoms with Crippen molar-refractivity contribution in [2.45, 2.75) is 63.1 Å². The summed E-state index contributed by atoms with van der Waals surface area (Å²) in [4.78, 5) is 40.2. The Kier molecular flexibility index (Phi) is 8.64. The van der Waals surface area contributed by atoms with Gasteiger partial charge in [0.25, 0.3) is 0 Å². The van der Waals surface area contributed by atoms with Gasteiger partial charge in [-0.05, 0) is 60.9 Å². The molecule has 2 amide bonds. The summed E-state index contributed by atoms with van der Waals surface area (Å²) in [6.45, 7) is 5.78. The summed E-state index contributed by atoms with van der Waals surface area (Å²) in [5.41, 5.74) is 3.77. The molecule has 1 aliphatic carbocycles. The largest absolute Gasteiger partial charge is 0.480 e. The highest BCUT2D eigenvalue weighted by atomic mass is 16.5. The van der Waals surface area contributed by atoms with Gasteiger partial charge in [-0.15, -0.1) is 0 Å². The molecule has 0 atom stereocenters. The molecule has 8 nitrogen and oxygen atoms in total. The first-order valence-corrected chi connectivity index (χ1v) is 14.6. The molecule has 2 aliphatic rings. The zero-order valence-corrected chi connectivity index (χ0v) is 24.3. The normalized spacial score (nSPS) is 16.2. The summed E-state index contributed by atoms with van der Waals surface area (Å²) in [5, 5.41) is 15.7. The molecule has 0 aromatic heterocycles. The Morgan fingerprint density at radius 3 is 2.07 bits per heavy atom. The number of nitrogens with one attached hydrogen (secondary N) is 2. The molecule has 0 saturated carbocycles. The number of alkyl carbamates (subject to hydrolysis) is 1. The highest BCUT2D eigenvalue weighted by Gasteiger charge is 2.43. The predicted molar refractivity (Wildman–Crippen MR) is 161 cm³/mol. The molecule has 0 unspecified atom stereocenters. The van der Waals surface area contributed by atoms with E-state index in [2.05, 4.69) is 51.9 Å².